The first-order valence-corrected chi connectivity index (χ1v) is 8.84. The summed E-state index contributed by atoms with van der Waals surface area (Å²) in [5.41, 5.74) is 0. The van der Waals surface area contributed by atoms with E-state index < -0.39 is 0 Å². The predicted molar refractivity (Wildman–Crippen MR) is 76.7 cm³/mol. The fourth-order valence-electron chi connectivity index (χ4n) is 6.75. The highest BCUT2D eigenvalue weighted by Gasteiger charge is 2.50. The first-order valence-electron chi connectivity index (χ1n) is 8.84. The third-order valence-corrected chi connectivity index (χ3v) is 7.38. The van der Waals surface area contributed by atoms with Crippen molar-refractivity contribution in [2.45, 2.75) is 64.2 Å². The van der Waals surface area contributed by atoms with Gasteiger partial charge in [-0.05, 0) is 74.0 Å². The molecule has 7 atom stereocenters. The third-order valence-electron chi connectivity index (χ3n) is 7.38. The van der Waals surface area contributed by atoms with Gasteiger partial charge in [0.05, 0.1) is 0 Å². The Labute approximate surface area is 117 Å². The van der Waals surface area contributed by atoms with Crippen molar-refractivity contribution < 1.29 is 4.79 Å². The molecule has 19 heavy (non-hydrogen) atoms. The maximum atomic E-state index is 11.5. The smallest absolute Gasteiger partial charge is 0.123 e. The maximum absolute atomic E-state index is 11.5. The highest BCUT2D eigenvalue weighted by molar-refractivity contribution is 5.54. The summed E-state index contributed by atoms with van der Waals surface area (Å²) < 4.78 is 0. The van der Waals surface area contributed by atoms with Crippen molar-refractivity contribution in [1.29, 1.82) is 0 Å². The first kappa shape index (κ1) is 12.4. The molecule has 106 valence electrons. The fourth-order valence-corrected chi connectivity index (χ4v) is 6.75. The molecule has 0 radical (unpaired) electrons. The molecular weight excluding hydrogens is 232 g/mol. The number of aldehydes is 1. The van der Waals surface area contributed by atoms with Crippen molar-refractivity contribution in [2.75, 3.05) is 0 Å². The summed E-state index contributed by atoms with van der Waals surface area (Å²) >= 11 is 0. The molecular formula is C18H28O. The van der Waals surface area contributed by atoms with Crippen LogP contribution < -0.4 is 0 Å². The third kappa shape index (κ3) is 1.91. The van der Waals surface area contributed by atoms with E-state index in [4.69, 9.17) is 0 Å². The first-order chi connectivity index (χ1) is 9.38. The molecule has 4 aliphatic carbocycles. The largest absolute Gasteiger partial charge is 0.303 e. The van der Waals surface area contributed by atoms with Crippen LogP contribution in [0.25, 0.3) is 0 Å². The van der Waals surface area contributed by atoms with Crippen molar-refractivity contribution in [3.8, 4) is 0 Å². The summed E-state index contributed by atoms with van der Waals surface area (Å²) in [5, 5.41) is 0. The summed E-state index contributed by atoms with van der Waals surface area (Å²) in [4.78, 5) is 11.5. The Morgan fingerprint density at radius 1 is 0.632 bits per heavy atom. The van der Waals surface area contributed by atoms with E-state index >= 15 is 0 Å². The second kappa shape index (κ2) is 4.90. The molecule has 0 aromatic heterocycles. The van der Waals surface area contributed by atoms with Crippen molar-refractivity contribution in [3.05, 3.63) is 0 Å². The quantitative estimate of drug-likeness (QED) is 0.636. The molecule has 0 bridgehead atoms. The van der Waals surface area contributed by atoms with Crippen LogP contribution in [0.4, 0.5) is 0 Å². The Morgan fingerprint density at radius 2 is 1.37 bits per heavy atom. The average Bonchev–Trinajstić information content (AvgIpc) is 2.94. The SMILES string of the molecule is O=CC1CCCC2CC[C@H]3[C@@H]4CCC[C@H]4CC[C@H]3[C@@H]12. The Morgan fingerprint density at radius 3 is 2.26 bits per heavy atom. The molecule has 0 spiro atoms. The zero-order chi connectivity index (χ0) is 12.8. The van der Waals surface area contributed by atoms with Gasteiger partial charge < -0.3 is 4.79 Å². The summed E-state index contributed by atoms with van der Waals surface area (Å²) in [7, 11) is 0. The number of hydrogen-bond donors (Lipinski definition) is 0. The molecule has 0 saturated heterocycles. The zero-order valence-corrected chi connectivity index (χ0v) is 12.1. The van der Waals surface area contributed by atoms with E-state index in [1.54, 1.807) is 0 Å². The maximum Gasteiger partial charge on any atom is 0.123 e. The topological polar surface area (TPSA) is 17.1 Å². The van der Waals surface area contributed by atoms with Crippen molar-refractivity contribution >= 4 is 6.29 Å². The van der Waals surface area contributed by atoms with Crippen LogP contribution in [-0.4, -0.2) is 6.29 Å². The Hall–Kier alpha value is -0.330. The predicted octanol–water partition coefficient (Wildman–Crippen LogP) is 4.45. The lowest BCUT2D eigenvalue weighted by atomic mass is 9.52. The molecule has 4 aliphatic rings. The van der Waals surface area contributed by atoms with Crippen LogP contribution in [0.2, 0.25) is 0 Å². The van der Waals surface area contributed by atoms with E-state index in [0.29, 0.717) is 5.92 Å². The van der Waals surface area contributed by atoms with Gasteiger partial charge >= 0.3 is 0 Å². The Kier molecular flexibility index (Phi) is 3.20. The molecule has 1 heteroatoms. The second-order valence-electron chi connectivity index (χ2n) is 7.91. The van der Waals surface area contributed by atoms with Crippen LogP contribution in [0.1, 0.15) is 64.2 Å². The highest BCUT2D eigenvalue weighted by Crippen LogP contribution is 2.58. The number of rotatable bonds is 1. The Bertz CT molecular complexity index is 350. The van der Waals surface area contributed by atoms with Gasteiger partial charge in [0.1, 0.15) is 6.29 Å². The standard InChI is InChI=1S/C18H28O/c19-11-14-5-1-4-13-8-9-16-15-6-2-3-12(15)7-10-17(16)18(13)14/h11-18H,1-10H2/t12-,13?,14?,15+,16-,17+,18+/m0/s1. The monoisotopic (exact) mass is 260 g/mol. The molecule has 4 saturated carbocycles. The van der Waals surface area contributed by atoms with Gasteiger partial charge in [-0.1, -0.05) is 25.7 Å². The van der Waals surface area contributed by atoms with Gasteiger partial charge in [0, 0.05) is 5.92 Å². The minimum atomic E-state index is 0.421. The molecule has 4 rings (SSSR count). The molecule has 0 aromatic rings. The van der Waals surface area contributed by atoms with Gasteiger partial charge in [-0.15, -0.1) is 0 Å². The van der Waals surface area contributed by atoms with Gasteiger partial charge in [-0.25, -0.2) is 0 Å². The normalized spacial score (nSPS) is 52.9. The van der Waals surface area contributed by atoms with E-state index in [2.05, 4.69) is 0 Å². The lowest BCUT2D eigenvalue weighted by Gasteiger charge is -2.53. The van der Waals surface area contributed by atoms with E-state index in [9.17, 15) is 4.79 Å². The summed E-state index contributed by atoms with van der Waals surface area (Å²) in [5.74, 6) is 6.15. The van der Waals surface area contributed by atoms with Crippen molar-refractivity contribution in [2.24, 2.45) is 41.4 Å². The van der Waals surface area contributed by atoms with Crippen molar-refractivity contribution in [1.82, 2.24) is 0 Å². The Balaban J connectivity index is 1.60. The van der Waals surface area contributed by atoms with Crippen LogP contribution >= 0.6 is 0 Å². The molecule has 1 nitrogen and oxygen atoms in total. The average molecular weight is 260 g/mol. The number of carbonyl (C=O) groups is 1. The molecule has 0 aromatic carbocycles. The van der Waals surface area contributed by atoms with Gasteiger partial charge in [-0.3, -0.25) is 0 Å². The van der Waals surface area contributed by atoms with Gasteiger partial charge in [-0.2, -0.15) is 0 Å². The number of fused-ring (bicyclic) bond motifs is 5. The van der Waals surface area contributed by atoms with Gasteiger partial charge in [0.2, 0.25) is 0 Å². The lowest BCUT2D eigenvalue weighted by molar-refractivity contribution is -0.120. The van der Waals surface area contributed by atoms with Gasteiger partial charge in [0.25, 0.3) is 0 Å². The number of hydrogen-bond acceptors (Lipinski definition) is 1. The molecule has 0 amide bonds. The van der Waals surface area contributed by atoms with Crippen LogP contribution in [0.5, 0.6) is 0 Å². The lowest BCUT2D eigenvalue weighted by Crippen LogP contribution is -2.46. The minimum absolute atomic E-state index is 0.421. The summed E-state index contributed by atoms with van der Waals surface area (Å²) in [6.07, 6.45) is 15.7. The summed E-state index contributed by atoms with van der Waals surface area (Å²) in [6.45, 7) is 0. The van der Waals surface area contributed by atoms with Crippen LogP contribution in [0, 0.1) is 41.4 Å². The number of carbonyl (C=O) groups excluding carboxylic acids is 1. The van der Waals surface area contributed by atoms with E-state index in [-0.39, 0.29) is 0 Å². The van der Waals surface area contributed by atoms with Gasteiger partial charge in [0.15, 0.2) is 0 Å². The highest BCUT2D eigenvalue weighted by atomic mass is 16.1. The van der Waals surface area contributed by atoms with Crippen molar-refractivity contribution in [3.63, 3.8) is 0 Å². The van der Waals surface area contributed by atoms with Crippen LogP contribution in [0.15, 0.2) is 0 Å². The second-order valence-corrected chi connectivity index (χ2v) is 7.91. The van der Waals surface area contributed by atoms with E-state index in [0.717, 1.165) is 35.5 Å². The summed E-state index contributed by atoms with van der Waals surface area (Å²) in [6, 6.07) is 0. The molecule has 2 unspecified atom stereocenters. The molecule has 0 heterocycles. The van der Waals surface area contributed by atoms with Crippen LogP contribution in [0.3, 0.4) is 0 Å². The minimum Gasteiger partial charge on any atom is -0.303 e. The van der Waals surface area contributed by atoms with E-state index in [1.165, 1.54) is 70.5 Å². The zero-order valence-electron chi connectivity index (χ0n) is 12.1. The molecule has 0 N–H and O–H groups in total. The van der Waals surface area contributed by atoms with E-state index in [1.807, 2.05) is 0 Å². The fraction of sp³-hybridized carbons (Fsp3) is 0.944. The molecule has 0 aliphatic heterocycles. The van der Waals surface area contributed by atoms with Crippen LogP contribution in [-0.2, 0) is 4.79 Å². The molecule has 4 fully saturated rings.